The summed E-state index contributed by atoms with van der Waals surface area (Å²) < 4.78 is 1.09. The number of halogens is 1. The van der Waals surface area contributed by atoms with Crippen LogP contribution in [0.4, 0.5) is 0 Å². The molecule has 0 amide bonds. The molecule has 0 unspecified atom stereocenters. The van der Waals surface area contributed by atoms with Crippen LogP contribution >= 0.6 is 29.5 Å². The van der Waals surface area contributed by atoms with E-state index in [1.807, 2.05) is 0 Å². The standard InChI is InChI=1S/C15H16IP/c1-17(13-12-16,14-8-4-2-5-9-14)15-10-6-3-7-11-15/h2-11,13H,12H2,1H3. The SMILES string of the molecule is CP(=CCI)(c1ccccc1)c1ccccc1. The number of alkyl halides is 1. The quantitative estimate of drug-likeness (QED) is 0.450. The molecule has 0 N–H and O–H groups in total. The van der Waals surface area contributed by atoms with Crippen LogP contribution in [0.25, 0.3) is 0 Å². The first-order valence-electron chi connectivity index (χ1n) is 5.65. The molecule has 0 radical (unpaired) electrons. The molecule has 0 nitrogen and oxygen atoms in total. The van der Waals surface area contributed by atoms with E-state index in [4.69, 9.17) is 0 Å². The van der Waals surface area contributed by atoms with Crippen molar-refractivity contribution in [2.45, 2.75) is 0 Å². The summed E-state index contributed by atoms with van der Waals surface area (Å²) in [5, 5.41) is 2.92. The van der Waals surface area contributed by atoms with Gasteiger partial charge in [0.1, 0.15) is 0 Å². The van der Waals surface area contributed by atoms with E-state index < -0.39 is 6.89 Å². The molecule has 0 saturated heterocycles. The number of benzene rings is 2. The van der Waals surface area contributed by atoms with Crippen molar-refractivity contribution in [3.8, 4) is 0 Å². The molecule has 0 fully saturated rings. The minimum Gasteiger partial charge on any atom is -0.0818 e. The zero-order valence-electron chi connectivity index (χ0n) is 9.88. The maximum atomic E-state index is 2.48. The van der Waals surface area contributed by atoms with Crippen molar-refractivity contribution in [3.63, 3.8) is 0 Å². The van der Waals surface area contributed by atoms with Crippen LogP contribution in [-0.2, 0) is 0 Å². The second-order valence-electron chi connectivity index (χ2n) is 4.08. The number of hydrogen-bond acceptors (Lipinski definition) is 0. The Hall–Kier alpha value is -0.530. The fraction of sp³-hybridized carbons (Fsp3) is 0.133. The Kier molecular flexibility index (Phi) is 4.47. The van der Waals surface area contributed by atoms with Gasteiger partial charge in [-0.05, 0) is 17.3 Å². The summed E-state index contributed by atoms with van der Waals surface area (Å²) in [4.78, 5) is 0. The minimum absolute atomic E-state index is 1.09. The molecular weight excluding hydrogens is 338 g/mol. The smallest absolute Gasteiger partial charge is 0.0186 e. The third-order valence-electron chi connectivity index (χ3n) is 3.02. The lowest BCUT2D eigenvalue weighted by atomic mass is 10.4. The van der Waals surface area contributed by atoms with Gasteiger partial charge < -0.3 is 0 Å². The van der Waals surface area contributed by atoms with E-state index in [1.165, 1.54) is 10.6 Å². The van der Waals surface area contributed by atoms with E-state index in [9.17, 15) is 0 Å². The Morgan fingerprint density at radius 2 is 1.29 bits per heavy atom. The normalized spacial score (nSPS) is 11.2. The van der Waals surface area contributed by atoms with Gasteiger partial charge in [-0.25, -0.2) is 0 Å². The first kappa shape index (κ1) is 12.9. The van der Waals surface area contributed by atoms with Crippen LogP contribution in [0, 0.1) is 0 Å². The van der Waals surface area contributed by atoms with E-state index in [2.05, 4.69) is 95.7 Å². The van der Waals surface area contributed by atoms with Gasteiger partial charge in [0.15, 0.2) is 0 Å². The average molecular weight is 354 g/mol. The molecule has 0 bridgehead atoms. The summed E-state index contributed by atoms with van der Waals surface area (Å²) in [6.45, 7) is 1.09. The monoisotopic (exact) mass is 354 g/mol. The molecule has 2 aromatic rings. The number of rotatable bonds is 3. The molecule has 17 heavy (non-hydrogen) atoms. The lowest BCUT2D eigenvalue weighted by molar-refractivity contribution is 1.75. The van der Waals surface area contributed by atoms with Gasteiger partial charge in [0.25, 0.3) is 0 Å². The van der Waals surface area contributed by atoms with Crippen LogP contribution in [0.5, 0.6) is 0 Å². The van der Waals surface area contributed by atoms with Crippen LogP contribution in [-0.4, -0.2) is 16.9 Å². The molecule has 0 spiro atoms. The second-order valence-corrected chi connectivity index (χ2v) is 8.51. The largest absolute Gasteiger partial charge is 0.0818 e. The van der Waals surface area contributed by atoms with Crippen LogP contribution < -0.4 is 10.6 Å². The molecule has 0 aliphatic carbocycles. The summed E-state index contributed by atoms with van der Waals surface area (Å²) in [5.74, 6) is 2.48. The van der Waals surface area contributed by atoms with E-state index in [0.717, 1.165) is 4.43 Å². The molecule has 0 saturated carbocycles. The zero-order chi connectivity index (χ0) is 12.1. The van der Waals surface area contributed by atoms with Crippen molar-refractivity contribution >= 4 is 45.9 Å². The van der Waals surface area contributed by atoms with Crippen LogP contribution in [0.15, 0.2) is 60.7 Å². The van der Waals surface area contributed by atoms with Gasteiger partial charge in [0.05, 0.1) is 0 Å². The molecule has 2 rings (SSSR count). The van der Waals surface area contributed by atoms with Gasteiger partial charge in [-0.2, -0.15) is 0 Å². The third-order valence-corrected chi connectivity index (χ3v) is 7.81. The Labute approximate surface area is 117 Å². The molecule has 0 heterocycles. The van der Waals surface area contributed by atoms with Gasteiger partial charge in [-0.3, -0.25) is 0 Å². The highest BCUT2D eigenvalue weighted by Gasteiger charge is 2.15. The Bertz CT molecular complexity index is 474. The van der Waals surface area contributed by atoms with Crippen LogP contribution in [0.2, 0.25) is 0 Å². The van der Waals surface area contributed by atoms with E-state index >= 15 is 0 Å². The van der Waals surface area contributed by atoms with Crippen molar-refractivity contribution in [1.82, 2.24) is 0 Å². The average Bonchev–Trinajstić information content (AvgIpc) is 2.41. The van der Waals surface area contributed by atoms with E-state index in [-0.39, 0.29) is 0 Å². The minimum atomic E-state index is -1.31. The topological polar surface area (TPSA) is 0 Å². The summed E-state index contributed by atoms with van der Waals surface area (Å²) in [7, 11) is 0. The highest BCUT2D eigenvalue weighted by atomic mass is 127. The predicted molar refractivity (Wildman–Crippen MR) is 89.9 cm³/mol. The second kappa shape index (κ2) is 5.88. The Balaban J connectivity index is 2.60. The van der Waals surface area contributed by atoms with Crippen molar-refractivity contribution in [3.05, 3.63) is 60.7 Å². The summed E-state index contributed by atoms with van der Waals surface area (Å²) in [6, 6.07) is 21.7. The van der Waals surface area contributed by atoms with Gasteiger partial charge >= 0.3 is 0 Å². The molecule has 0 aromatic heterocycles. The summed E-state index contributed by atoms with van der Waals surface area (Å²) >= 11 is 2.44. The lowest BCUT2D eigenvalue weighted by Crippen LogP contribution is -2.17. The van der Waals surface area contributed by atoms with Gasteiger partial charge in [0.2, 0.25) is 0 Å². The summed E-state index contributed by atoms with van der Waals surface area (Å²) in [5.41, 5.74) is 0. The van der Waals surface area contributed by atoms with Crippen molar-refractivity contribution < 1.29 is 0 Å². The van der Waals surface area contributed by atoms with Crippen LogP contribution in [0.3, 0.4) is 0 Å². The molecule has 88 valence electrons. The molecule has 0 aliphatic heterocycles. The molecular formula is C15H16IP. The first-order valence-corrected chi connectivity index (χ1v) is 9.48. The van der Waals surface area contributed by atoms with Crippen molar-refractivity contribution in [2.24, 2.45) is 0 Å². The molecule has 2 aromatic carbocycles. The van der Waals surface area contributed by atoms with Crippen molar-refractivity contribution in [2.75, 3.05) is 11.1 Å². The van der Waals surface area contributed by atoms with Crippen molar-refractivity contribution in [1.29, 1.82) is 0 Å². The van der Waals surface area contributed by atoms with Gasteiger partial charge in [-0.1, -0.05) is 95.9 Å². The van der Waals surface area contributed by atoms with Gasteiger partial charge in [-0.15, -0.1) is 0 Å². The maximum absolute atomic E-state index is 2.48. The number of hydrogen-bond donors (Lipinski definition) is 0. The Morgan fingerprint density at radius 1 is 0.882 bits per heavy atom. The van der Waals surface area contributed by atoms with E-state index in [1.54, 1.807) is 0 Å². The highest BCUT2D eigenvalue weighted by Crippen LogP contribution is 2.39. The summed E-state index contributed by atoms with van der Waals surface area (Å²) in [6.07, 6.45) is 0. The molecule has 0 aliphatic rings. The molecule has 0 atom stereocenters. The van der Waals surface area contributed by atoms with Gasteiger partial charge in [0, 0.05) is 4.43 Å². The maximum Gasteiger partial charge on any atom is 0.0186 e. The highest BCUT2D eigenvalue weighted by molar-refractivity contribution is 14.1. The first-order chi connectivity index (χ1) is 8.27. The Morgan fingerprint density at radius 3 is 1.65 bits per heavy atom. The lowest BCUT2D eigenvalue weighted by Gasteiger charge is -2.22. The van der Waals surface area contributed by atoms with Crippen LogP contribution in [0.1, 0.15) is 0 Å². The third kappa shape index (κ3) is 2.83. The van der Waals surface area contributed by atoms with E-state index in [0.29, 0.717) is 0 Å². The fourth-order valence-corrected chi connectivity index (χ4v) is 6.92. The predicted octanol–water partition coefficient (Wildman–Crippen LogP) is 3.52. The fourth-order valence-electron chi connectivity index (χ4n) is 1.97. The zero-order valence-corrected chi connectivity index (χ0v) is 12.9. The molecule has 2 heteroatoms.